The molecule has 0 aliphatic carbocycles. The first-order valence-corrected chi connectivity index (χ1v) is 13.9. The van der Waals surface area contributed by atoms with E-state index in [1.54, 1.807) is 0 Å². The number of benzene rings is 1. The highest BCUT2D eigenvalue weighted by atomic mass is 32.2. The second kappa shape index (κ2) is 12.3. The van der Waals surface area contributed by atoms with Gasteiger partial charge in [-0.05, 0) is 73.0 Å². The molecule has 0 bridgehead atoms. The average Bonchev–Trinajstić information content (AvgIpc) is 2.77. The Morgan fingerprint density at radius 1 is 1.06 bits per heavy atom. The standard InChI is InChI=1S/C26H44N2O4S/c1-17(2)22-15-23(18(3)4)26(24(16-22)19(5)6)33(29,30)28-27-21(8)20(7)12-14-32-25-11-9-10-13-31-25/h15-20,25,28H,9-14H2,1-8H3/b27-21+/t20-,25?/m1/s1. The Bertz CT molecular complexity index is 872. The minimum absolute atomic E-state index is 0.0796. The van der Waals surface area contributed by atoms with Gasteiger partial charge in [0.1, 0.15) is 0 Å². The number of ether oxygens (including phenoxy) is 2. The summed E-state index contributed by atoms with van der Waals surface area (Å²) in [5, 5.41) is 4.29. The highest BCUT2D eigenvalue weighted by Gasteiger charge is 2.27. The molecule has 1 aliphatic rings. The summed E-state index contributed by atoms with van der Waals surface area (Å²) in [4.78, 5) is 2.90. The molecule has 2 rings (SSSR count). The molecule has 0 aromatic heterocycles. The van der Waals surface area contributed by atoms with Crippen molar-refractivity contribution in [3.63, 3.8) is 0 Å². The lowest BCUT2D eigenvalue weighted by Gasteiger charge is -2.23. The van der Waals surface area contributed by atoms with Crippen molar-refractivity contribution in [2.75, 3.05) is 13.2 Å². The van der Waals surface area contributed by atoms with E-state index in [-0.39, 0.29) is 24.0 Å². The third-order valence-corrected chi connectivity index (χ3v) is 7.74. The first-order chi connectivity index (χ1) is 15.4. The number of nitrogens with zero attached hydrogens (tertiary/aromatic N) is 1. The molecule has 1 unspecified atom stereocenters. The predicted octanol–water partition coefficient (Wildman–Crippen LogP) is 6.28. The van der Waals surface area contributed by atoms with Gasteiger partial charge >= 0.3 is 0 Å². The molecule has 1 N–H and O–H groups in total. The van der Waals surface area contributed by atoms with Crippen LogP contribution in [0.3, 0.4) is 0 Å². The van der Waals surface area contributed by atoms with Crippen LogP contribution < -0.4 is 4.83 Å². The fraction of sp³-hybridized carbons (Fsp3) is 0.731. The van der Waals surface area contributed by atoms with E-state index in [2.05, 4.69) is 23.8 Å². The lowest BCUT2D eigenvalue weighted by molar-refractivity contribution is -0.163. The lowest BCUT2D eigenvalue weighted by Crippen LogP contribution is -2.26. The van der Waals surface area contributed by atoms with E-state index in [9.17, 15) is 8.42 Å². The van der Waals surface area contributed by atoms with Crippen LogP contribution in [0.1, 0.15) is 116 Å². The Labute approximate surface area is 201 Å². The number of hydrazone groups is 1. The minimum atomic E-state index is -3.81. The van der Waals surface area contributed by atoms with E-state index in [1.807, 2.05) is 53.7 Å². The quantitative estimate of drug-likeness (QED) is 0.299. The average molecular weight is 481 g/mol. The highest BCUT2D eigenvalue weighted by Crippen LogP contribution is 2.35. The van der Waals surface area contributed by atoms with Gasteiger partial charge in [0.25, 0.3) is 10.0 Å². The molecule has 1 aromatic carbocycles. The summed E-state index contributed by atoms with van der Waals surface area (Å²) in [5.74, 6) is 0.577. The number of sulfonamides is 1. The zero-order valence-corrected chi connectivity index (χ0v) is 22.6. The van der Waals surface area contributed by atoms with Crippen LogP contribution >= 0.6 is 0 Å². The monoisotopic (exact) mass is 480 g/mol. The molecule has 0 spiro atoms. The van der Waals surface area contributed by atoms with E-state index in [4.69, 9.17) is 9.47 Å². The normalized spacial score (nSPS) is 18.9. The van der Waals surface area contributed by atoms with Gasteiger partial charge in [0.05, 0.1) is 11.5 Å². The van der Waals surface area contributed by atoms with Crippen molar-refractivity contribution < 1.29 is 17.9 Å². The van der Waals surface area contributed by atoms with Gasteiger partial charge in [-0.3, -0.25) is 0 Å². The van der Waals surface area contributed by atoms with Crippen molar-refractivity contribution in [3.05, 3.63) is 28.8 Å². The Morgan fingerprint density at radius 2 is 1.67 bits per heavy atom. The Morgan fingerprint density at radius 3 is 2.15 bits per heavy atom. The highest BCUT2D eigenvalue weighted by molar-refractivity contribution is 7.89. The van der Waals surface area contributed by atoms with E-state index < -0.39 is 10.0 Å². The van der Waals surface area contributed by atoms with Gasteiger partial charge in [0.15, 0.2) is 6.29 Å². The van der Waals surface area contributed by atoms with Crippen LogP contribution in [0.2, 0.25) is 0 Å². The van der Waals surface area contributed by atoms with Crippen LogP contribution in [-0.4, -0.2) is 33.6 Å². The summed E-state index contributed by atoms with van der Waals surface area (Å²) in [6, 6.07) is 4.08. The van der Waals surface area contributed by atoms with Crippen LogP contribution in [0.5, 0.6) is 0 Å². The number of hydrogen-bond donors (Lipinski definition) is 1. The summed E-state index contributed by atoms with van der Waals surface area (Å²) in [7, 11) is -3.81. The Kier molecular flexibility index (Phi) is 10.4. The van der Waals surface area contributed by atoms with Gasteiger partial charge in [-0.15, -0.1) is 0 Å². The van der Waals surface area contributed by atoms with Crippen LogP contribution in [-0.2, 0) is 19.5 Å². The van der Waals surface area contributed by atoms with E-state index in [0.29, 0.717) is 17.4 Å². The second-order valence-corrected chi connectivity index (χ2v) is 11.8. The number of hydrogen-bond acceptors (Lipinski definition) is 5. The van der Waals surface area contributed by atoms with Crippen LogP contribution in [0, 0.1) is 5.92 Å². The van der Waals surface area contributed by atoms with E-state index in [1.165, 1.54) is 0 Å². The molecule has 0 radical (unpaired) electrons. The number of nitrogens with one attached hydrogen (secondary N) is 1. The predicted molar refractivity (Wildman–Crippen MR) is 135 cm³/mol. The first kappa shape index (κ1) is 27.8. The van der Waals surface area contributed by atoms with Gasteiger partial charge < -0.3 is 9.47 Å². The zero-order chi connectivity index (χ0) is 24.8. The lowest BCUT2D eigenvalue weighted by atomic mass is 9.89. The van der Waals surface area contributed by atoms with Crippen molar-refractivity contribution in [1.82, 2.24) is 4.83 Å². The topological polar surface area (TPSA) is 77.0 Å². The fourth-order valence-electron chi connectivity index (χ4n) is 3.92. The zero-order valence-electron chi connectivity index (χ0n) is 21.8. The van der Waals surface area contributed by atoms with Gasteiger partial charge in [0.2, 0.25) is 0 Å². The summed E-state index contributed by atoms with van der Waals surface area (Å²) in [6.07, 6.45) is 3.82. The van der Waals surface area contributed by atoms with Gasteiger partial charge in [-0.25, -0.2) is 4.83 Å². The van der Waals surface area contributed by atoms with Gasteiger partial charge in [-0.1, -0.05) is 60.6 Å². The molecule has 2 atom stereocenters. The summed E-state index contributed by atoms with van der Waals surface area (Å²) < 4.78 is 38.3. The fourth-order valence-corrected chi connectivity index (χ4v) is 5.48. The third kappa shape index (κ3) is 7.79. The largest absolute Gasteiger partial charge is 0.353 e. The molecule has 33 heavy (non-hydrogen) atoms. The molecule has 1 saturated heterocycles. The van der Waals surface area contributed by atoms with Crippen LogP contribution in [0.15, 0.2) is 22.1 Å². The van der Waals surface area contributed by atoms with Crippen LogP contribution in [0.25, 0.3) is 0 Å². The van der Waals surface area contributed by atoms with Crippen molar-refractivity contribution >= 4 is 15.7 Å². The third-order valence-electron chi connectivity index (χ3n) is 6.40. The van der Waals surface area contributed by atoms with Crippen molar-refractivity contribution in [2.45, 2.75) is 110 Å². The molecular weight excluding hydrogens is 436 g/mol. The molecule has 0 amide bonds. The molecule has 1 heterocycles. The van der Waals surface area contributed by atoms with Crippen LogP contribution in [0.4, 0.5) is 0 Å². The molecule has 1 aliphatic heterocycles. The summed E-state index contributed by atoms with van der Waals surface area (Å²) in [6.45, 7) is 17.6. The van der Waals surface area contributed by atoms with Gasteiger partial charge in [-0.2, -0.15) is 13.5 Å². The van der Waals surface area contributed by atoms with E-state index >= 15 is 0 Å². The number of rotatable bonds is 11. The maximum atomic E-state index is 13.5. The molecule has 7 heteroatoms. The molecule has 0 saturated carbocycles. The van der Waals surface area contributed by atoms with Crippen molar-refractivity contribution in [1.29, 1.82) is 0 Å². The van der Waals surface area contributed by atoms with Gasteiger partial charge in [0, 0.05) is 12.3 Å². The van der Waals surface area contributed by atoms with Crippen molar-refractivity contribution in [3.8, 4) is 0 Å². The summed E-state index contributed by atoms with van der Waals surface area (Å²) >= 11 is 0. The molecule has 6 nitrogen and oxygen atoms in total. The first-order valence-electron chi connectivity index (χ1n) is 12.4. The molecule has 1 aromatic rings. The van der Waals surface area contributed by atoms with Crippen molar-refractivity contribution in [2.24, 2.45) is 11.0 Å². The summed E-state index contributed by atoms with van der Waals surface area (Å²) in [5.41, 5.74) is 3.60. The SMILES string of the molecule is C/C(=N\NS(=O)(=O)c1c(C(C)C)cc(C(C)C)cc1C(C)C)[C@H](C)CCOC1CCCCO1. The molecule has 1 fully saturated rings. The second-order valence-electron chi connectivity index (χ2n) is 10.2. The Balaban J connectivity index is 2.18. The molecule has 188 valence electrons. The van der Waals surface area contributed by atoms with E-state index in [0.717, 1.165) is 54.7 Å². The maximum absolute atomic E-state index is 13.5. The maximum Gasteiger partial charge on any atom is 0.277 e. The molecular formula is C26H44N2O4S. The smallest absolute Gasteiger partial charge is 0.277 e. The minimum Gasteiger partial charge on any atom is -0.353 e. The Hall–Kier alpha value is -1.44.